The smallest absolute Gasteiger partial charge is 0.224 e. The van der Waals surface area contributed by atoms with E-state index in [1.165, 1.54) is 11.8 Å². The summed E-state index contributed by atoms with van der Waals surface area (Å²) in [5.74, 6) is 0.164. The largest absolute Gasteiger partial charge is 0.497 e. The topological polar surface area (TPSA) is 112 Å². The predicted molar refractivity (Wildman–Crippen MR) is 104 cm³/mol. The van der Waals surface area contributed by atoms with E-state index in [9.17, 15) is 15.0 Å². The molecule has 8 nitrogen and oxygen atoms in total. The molecule has 1 aromatic rings. The van der Waals surface area contributed by atoms with Gasteiger partial charge in [0.05, 0.1) is 31.8 Å². The number of amides is 1. The molecule has 0 aromatic heterocycles. The quantitative estimate of drug-likeness (QED) is 0.518. The lowest BCUT2D eigenvalue weighted by Gasteiger charge is -2.37. The van der Waals surface area contributed by atoms with Crippen LogP contribution in [0.1, 0.15) is 6.42 Å². The maximum atomic E-state index is 12.5. The standard InChI is InChI=1S/C18H25N3O5S/c1-25-8-7-19-17(24)12-9-13(22)15(23)14-16(12)27-18(21-14)20-10-3-5-11(26-2)6-4-10/h3-6,12-16,22-23H,7-9H2,1-2H3,(H,19,24)(H,20,21)/t12-,13+,14-,15-,16+/m0/s1. The SMILES string of the molecule is COCCNC(=O)[C@H]1C[C@@H](O)[C@H](O)[C@@H]2N=C(Nc3ccc(OC)cc3)S[C@@H]21. The van der Waals surface area contributed by atoms with E-state index >= 15 is 0 Å². The number of ether oxygens (including phenoxy) is 2. The maximum absolute atomic E-state index is 12.5. The number of methoxy groups -OCH3 is 2. The minimum absolute atomic E-state index is 0.151. The average molecular weight is 395 g/mol. The first-order valence-electron chi connectivity index (χ1n) is 8.81. The van der Waals surface area contributed by atoms with E-state index in [4.69, 9.17) is 9.47 Å². The summed E-state index contributed by atoms with van der Waals surface area (Å²) in [6, 6.07) is 6.87. The number of fused-ring (bicyclic) bond motifs is 1. The Morgan fingerprint density at radius 3 is 2.70 bits per heavy atom. The second-order valence-corrected chi connectivity index (χ2v) is 7.71. The lowest BCUT2D eigenvalue weighted by molar-refractivity contribution is -0.129. The maximum Gasteiger partial charge on any atom is 0.224 e. The van der Waals surface area contributed by atoms with E-state index in [-0.39, 0.29) is 17.6 Å². The Hall–Kier alpha value is -1.81. The van der Waals surface area contributed by atoms with Crippen LogP contribution in [0.15, 0.2) is 29.3 Å². The van der Waals surface area contributed by atoms with Crippen LogP contribution in [0.25, 0.3) is 0 Å². The number of hydrogen-bond donors (Lipinski definition) is 4. The van der Waals surface area contributed by atoms with Crippen LogP contribution in [0.5, 0.6) is 5.75 Å². The highest BCUT2D eigenvalue weighted by atomic mass is 32.2. The summed E-state index contributed by atoms with van der Waals surface area (Å²) in [7, 11) is 3.18. The summed E-state index contributed by atoms with van der Waals surface area (Å²) in [5, 5.41) is 27.0. The third kappa shape index (κ3) is 4.55. The number of carbonyl (C=O) groups excluding carboxylic acids is 1. The molecule has 0 bridgehead atoms. The van der Waals surface area contributed by atoms with Crippen molar-refractivity contribution < 1.29 is 24.5 Å². The van der Waals surface area contributed by atoms with Crippen molar-refractivity contribution >= 4 is 28.5 Å². The Morgan fingerprint density at radius 2 is 2.04 bits per heavy atom. The molecule has 1 saturated carbocycles. The van der Waals surface area contributed by atoms with Crippen LogP contribution in [0, 0.1) is 5.92 Å². The molecule has 1 aliphatic heterocycles. The number of carbonyl (C=O) groups is 1. The lowest BCUT2D eigenvalue weighted by atomic mass is 9.81. The normalized spacial score (nSPS) is 29.6. The van der Waals surface area contributed by atoms with Crippen molar-refractivity contribution in [2.24, 2.45) is 10.9 Å². The zero-order valence-electron chi connectivity index (χ0n) is 15.3. The molecule has 148 valence electrons. The fraction of sp³-hybridized carbons (Fsp3) is 0.556. The second-order valence-electron chi connectivity index (χ2n) is 6.54. The molecule has 27 heavy (non-hydrogen) atoms. The highest BCUT2D eigenvalue weighted by molar-refractivity contribution is 8.15. The lowest BCUT2D eigenvalue weighted by Crippen LogP contribution is -2.54. The monoisotopic (exact) mass is 395 g/mol. The van der Waals surface area contributed by atoms with E-state index in [0.29, 0.717) is 18.3 Å². The molecule has 4 N–H and O–H groups in total. The van der Waals surface area contributed by atoms with E-state index in [1.807, 2.05) is 24.3 Å². The molecule has 0 spiro atoms. The van der Waals surface area contributed by atoms with Crippen LogP contribution in [0.2, 0.25) is 0 Å². The zero-order valence-corrected chi connectivity index (χ0v) is 16.1. The number of aliphatic hydroxyl groups excluding tert-OH is 2. The third-order valence-electron chi connectivity index (χ3n) is 4.77. The molecule has 1 aliphatic carbocycles. The number of thioether (sulfide) groups is 1. The van der Waals surface area contributed by atoms with Gasteiger partial charge in [0.2, 0.25) is 5.91 Å². The number of aliphatic hydroxyl groups is 2. The number of nitrogens with one attached hydrogen (secondary N) is 2. The predicted octanol–water partition coefficient (Wildman–Crippen LogP) is 0.451. The minimum Gasteiger partial charge on any atom is -0.497 e. The van der Waals surface area contributed by atoms with Gasteiger partial charge in [-0.2, -0.15) is 0 Å². The number of anilines is 1. The summed E-state index contributed by atoms with van der Waals surface area (Å²) in [5.41, 5.74) is 0.830. The summed E-state index contributed by atoms with van der Waals surface area (Å²) in [4.78, 5) is 17.1. The Bertz CT molecular complexity index is 684. The summed E-state index contributed by atoms with van der Waals surface area (Å²) in [6.45, 7) is 0.829. The summed E-state index contributed by atoms with van der Waals surface area (Å²) in [6.07, 6.45) is -1.76. The molecule has 1 amide bonds. The minimum atomic E-state index is -0.985. The first-order valence-corrected chi connectivity index (χ1v) is 9.69. The Labute approximate surface area is 162 Å². The first-order chi connectivity index (χ1) is 13.0. The van der Waals surface area contributed by atoms with Crippen molar-refractivity contribution in [2.45, 2.75) is 29.9 Å². The molecule has 1 fully saturated rings. The van der Waals surface area contributed by atoms with Gasteiger partial charge in [0.15, 0.2) is 5.17 Å². The highest BCUT2D eigenvalue weighted by Crippen LogP contribution is 2.41. The fourth-order valence-corrected chi connectivity index (χ4v) is 4.69. The number of hydrogen-bond acceptors (Lipinski definition) is 8. The van der Waals surface area contributed by atoms with Crippen LogP contribution in [0.4, 0.5) is 5.69 Å². The first kappa shape index (κ1) is 19.9. The van der Waals surface area contributed by atoms with Crippen molar-refractivity contribution in [2.75, 3.05) is 32.7 Å². The number of amidine groups is 1. The van der Waals surface area contributed by atoms with E-state index in [0.717, 1.165) is 11.4 Å². The van der Waals surface area contributed by atoms with Crippen molar-refractivity contribution in [1.29, 1.82) is 0 Å². The van der Waals surface area contributed by atoms with Gasteiger partial charge in [0.25, 0.3) is 0 Å². The second kappa shape index (κ2) is 8.92. The molecular formula is C18H25N3O5S. The molecule has 0 unspecified atom stereocenters. The van der Waals surface area contributed by atoms with Crippen molar-refractivity contribution in [3.63, 3.8) is 0 Å². The molecular weight excluding hydrogens is 370 g/mol. The van der Waals surface area contributed by atoms with Crippen LogP contribution in [-0.2, 0) is 9.53 Å². The Balaban J connectivity index is 1.69. The molecule has 1 heterocycles. The molecule has 0 saturated heterocycles. The number of nitrogens with zero attached hydrogens (tertiary/aromatic N) is 1. The number of aliphatic imine (C=N–C) groups is 1. The molecule has 3 rings (SSSR count). The van der Waals surface area contributed by atoms with Crippen molar-refractivity contribution in [3.8, 4) is 5.75 Å². The Morgan fingerprint density at radius 1 is 1.30 bits per heavy atom. The number of rotatable bonds is 6. The van der Waals surface area contributed by atoms with Crippen LogP contribution in [0.3, 0.4) is 0 Å². The van der Waals surface area contributed by atoms with E-state index in [1.54, 1.807) is 14.2 Å². The molecule has 2 aliphatic rings. The van der Waals surface area contributed by atoms with Crippen molar-refractivity contribution in [3.05, 3.63) is 24.3 Å². The van der Waals surface area contributed by atoms with Crippen LogP contribution >= 0.6 is 11.8 Å². The zero-order chi connectivity index (χ0) is 19.4. The van der Waals surface area contributed by atoms with E-state index < -0.39 is 24.2 Å². The highest BCUT2D eigenvalue weighted by Gasteiger charge is 2.50. The molecule has 0 radical (unpaired) electrons. The van der Waals surface area contributed by atoms with Crippen LogP contribution < -0.4 is 15.4 Å². The van der Waals surface area contributed by atoms with Gasteiger partial charge in [-0.3, -0.25) is 9.79 Å². The van der Waals surface area contributed by atoms with E-state index in [2.05, 4.69) is 15.6 Å². The van der Waals surface area contributed by atoms with Crippen LogP contribution in [-0.4, -0.2) is 72.2 Å². The summed E-state index contributed by atoms with van der Waals surface area (Å²) < 4.78 is 10.1. The van der Waals surface area contributed by atoms with Crippen molar-refractivity contribution in [1.82, 2.24) is 5.32 Å². The van der Waals surface area contributed by atoms with Gasteiger partial charge in [-0.25, -0.2) is 0 Å². The van der Waals surface area contributed by atoms with Gasteiger partial charge in [-0.15, -0.1) is 0 Å². The average Bonchev–Trinajstić information content (AvgIpc) is 3.09. The van der Waals surface area contributed by atoms with Gasteiger partial charge >= 0.3 is 0 Å². The summed E-state index contributed by atoms with van der Waals surface area (Å²) >= 11 is 1.43. The number of benzene rings is 1. The molecule has 5 atom stereocenters. The molecule has 1 aromatic carbocycles. The van der Waals surface area contributed by atoms with Gasteiger partial charge in [0, 0.05) is 24.6 Å². The van der Waals surface area contributed by atoms with Gasteiger partial charge in [-0.1, -0.05) is 11.8 Å². The fourth-order valence-electron chi connectivity index (χ4n) is 3.31. The molecule has 9 heteroatoms. The third-order valence-corrected chi connectivity index (χ3v) is 6.08. The Kier molecular flexibility index (Phi) is 6.59. The van der Waals surface area contributed by atoms with Gasteiger partial charge in [0.1, 0.15) is 11.9 Å². The van der Waals surface area contributed by atoms with Gasteiger partial charge in [-0.05, 0) is 30.7 Å². The van der Waals surface area contributed by atoms with Gasteiger partial charge < -0.3 is 30.3 Å².